The molecule has 0 heterocycles. The second-order valence-corrected chi connectivity index (χ2v) is 8.14. The van der Waals surface area contributed by atoms with Crippen molar-refractivity contribution in [3.8, 4) is 0 Å². The number of hydrogen-bond acceptors (Lipinski definition) is 5. The molecule has 0 aliphatic rings. The number of unbranched alkanes of at least 4 members (excludes halogenated alkanes) is 14. The lowest BCUT2D eigenvalue weighted by molar-refractivity contribution is -0.335. The first-order chi connectivity index (χ1) is 13.9. The maximum Gasteiger partial charge on any atom is 0.324 e. The Balaban J connectivity index is 3.39. The number of rotatable bonds is 21. The van der Waals surface area contributed by atoms with Crippen LogP contribution in [-0.2, 0) is 14.3 Å². The van der Waals surface area contributed by atoms with Crippen LogP contribution in [0.2, 0.25) is 0 Å². The highest BCUT2D eigenvalue weighted by Gasteiger charge is 2.26. The molecule has 172 valence electrons. The van der Waals surface area contributed by atoms with E-state index in [2.05, 4.69) is 13.5 Å². The molecule has 0 aromatic carbocycles. The number of carbonyl (C=O) groups is 1. The Bertz CT molecular complexity index is 406. The first-order valence-corrected chi connectivity index (χ1v) is 11.9. The van der Waals surface area contributed by atoms with Crippen LogP contribution in [0.5, 0.6) is 0 Å². The van der Waals surface area contributed by atoms with Gasteiger partial charge in [0.2, 0.25) is 0 Å². The van der Waals surface area contributed by atoms with Crippen LogP contribution in [0.3, 0.4) is 0 Å². The summed E-state index contributed by atoms with van der Waals surface area (Å²) in [7, 11) is 0. The van der Waals surface area contributed by atoms with Gasteiger partial charge in [-0.25, -0.2) is 0 Å². The van der Waals surface area contributed by atoms with Crippen molar-refractivity contribution in [2.75, 3.05) is 0 Å². The summed E-state index contributed by atoms with van der Waals surface area (Å²) in [6.45, 7) is 7.45. The SMILES string of the molecule is C=C(OC(=O)CCCCCCCCCCCCCCCCC)OC(O)(O)CCC. The molecule has 0 radical (unpaired) electrons. The van der Waals surface area contributed by atoms with Gasteiger partial charge in [-0.15, -0.1) is 0 Å². The summed E-state index contributed by atoms with van der Waals surface area (Å²) in [6.07, 6.45) is 20.0. The normalized spacial score (nSPS) is 11.4. The summed E-state index contributed by atoms with van der Waals surface area (Å²) in [5, 5.41) is 19.0. The minimum atomic E-state index is -2.33. The highest BCUT2D eigenvalue weighted by atomic mass is 16.8. The average Bonchev–Trinajstić information content (AvgIpc) is 2.64. The Morgan fingerprint density at radius 3 is 1.55 bits per heavy atom. The third-order valence-electron chi connectivity index (χ3n) is 5.07. The fourth-order valence-corrected chi connectivity index (χ4v) is 3.40. The molecule has 5 nitrogen and oxygen atoms in total. The van der Waals surface area contributed by atoms with E-state index in [0.29, 0.717) is 6.42 Å². The highest BCUT2D eigenvalue weighted by molar-refractivity contribution is 5.70. The maximum absolute atomic E-state index is 11.7. The minimum absolute atomic E-state index is 0.0165. The van der Waals surface area contributed by atoms with Gasteiger partial charge < -0.3 is 19.7 Å². The van der Waals surface area contributed by atoms with Crippen molar-refractivity contribution in [1.29, 1.82) is 0 Å². The van der Waals surface area contributed by atoms with Crippen molar-refractivity contribution < 1.29 is 24.5 Å². The van der Waals surface area contributed by atoms with Crippen LogP contribution >= 0.6 is 0 Å². The summed E-state index contributed by atoms with van der Waals surface area (Å²) in [5.74, 6) is -3.15. The lowest BCUT2D eigenvalue weighted by Gasteiger charge is -2.22. The van der Waals surface area contributed by atoms with E-state index in [1.807, 2.05) is 0 Å². The molecule has 0 aromatic rings. The Morgan fingerprint density at radius 1 is 0.724 bits per heavy atom. The van der Waals surface area contributed by atoms with Gasteiger partial charge in [-0.1, -0.05) is 104 Å². The molecule has 0 saturated heterocycles. The molecule has 0 aliphatic carbocycles. The van der Waals surface area contributed by atoms with Gasteiger partial charge in [0.1, 0.15) is 0 Å². The van der Waals surface area contributed by atoms with Crippen molar-refractivity contribution >= 4 is 5.97 Å². The molecule has 0 rings (SSSR count). The van der Waals surface area contributed by atoms with Gasteiger partial charge in [0, 0.05) is 12.8 Å². The third-order valence-corrected chi connectivity index (χ3v) is 5.07. The predicted octanol–water partition coefficient (Wildman–Crippen LogP) is 6.72. The maximum atomic E-state index is 11.7. The van der Waals surface area contributed by atoms with E-state index >= 15 is 0 Å². The smallest absolute Gasteiger partial charge is 0.324 e. The molecule has 0 amide bonds. The lowest BCUT2D eigenvalue weighted by Crippen LogP contribution is -2.31. The Labute approximate surface area is 178 Å². The minimum Gasteiger partial charge on any atom is -0.408 e. The molecular weight excluding hydrogens is 368 g/mol. The quantitative estimate of drug-likeness (QED) is 0.0943. The third kappa shape index (κ3) is 20.0. The molecule has 2 N–H and O–H groups in total. The van der Waals surface area contributed by atoms with Crippen LogP contribution < -0.4 is 0 Å². The van der Waals surface area contributed by atoms with E-state index in [1.165, 1.54) is 77.0 Å². The van der Waals surface area contributed by atoms with Crippen molar-refractivity contribution in [3.05, 3.63) is 12.5 Å². The van der Waals surface area contributed by atoms with Crippen LogP contribution in [0.1, 0.15) is 129 Å². The summed E-state index contributed by atoms with van der Waals surface area (Å²) in [5.41, 5.74) is 0. The lowest BCUT2D eigenvalue weighted by atomic mass is 10.0. The van der Waals surface area contributed by atoms with Gasteiger partial charge in [0.25, 0.3) is 5.95 Å². The van der Waals surface area contributed by atoms with Crippen LogP contribution in [-0.4, -0.2) is 22.2 Å². The fraction of sp³-hybridized carbons (Fsp3) is 0.875. The Morgan fingerprint density at radius 2 is 1.14 bits per heavy atom. The fourth-order valence-electron chi connectivity index (χ4n) is 3.40. The Kier molecular flexibility index (Phi) is 18.2. The van der Waals surface area contributed by atoms with E-state index in [1.54, 1.807) is 6.92 Å². The van der Waals surface area contributed by atoms with Gasteiger partial charge in [0.15, 0.2) is 0 Å². The zero-order valence-electron chi connectivity index (χ0n) is 19.1. The van der Waals surface area contributed by atoms with Crippen molar-refractivity contribution in [1.82, 2.24) is 0 Å². The van der Waals surface area contributed by atoms with Crippen LogP contribution in [0.15, 0.2) is 12.5 Å². The van der Waals surface area contributed by atoms with E-state index in [4.69, 9.17) is 9.47 Å². The zero-order valence-corrected chi connectivity index (χ0v) is 19.1. The van der Waals surface area contributed by atoms with Gasteiger partial charge in [-0.2, -0.15) is 0 Å². The first-order valence-electron chi connectivity index (χ1n) is 11.9. The number of hydrogen-bond donors (Lipinski definition) is 2. The van der Waals surface area contributed by atoms with Crippen LogP contribution in [0.4, 0.5) is 0 Å². The van der Waals surface area contributed by atoms with Crippen molar-refractivity contribution in [2.24, 2.45) is 0 Å². The molecule has 0 spiro atoms. The molecule has 0 saturated carbocycles. The monoisotopic (exact) mass is 414 g/mol. The molecule has 0 aliphatic heterocycles. The molecule has 0 atom stereocenters. The summed E-state index contributed by atoms with van der Waals surface area (Å²) >= 11 is 0. The topological polar surface area (TPSA) is 76.0 Å². The molecule has 0 unspecified atom stereocenters. The number of esters is 1. The summed E-state index contributed by atoms with van der Waals surface area (Å²) < 4.78 is 9.63. The summed E-state index contributed by atoms with van der Waals surface area (Å²) in [6, 6.07) is 0. The van der Waals surface area contributed by atoms with Crippen LogP contribution in [0.25, 0.3) is 0 Å². The molecular formula is C24H46O5. The van der Waals surface area contributed by atoms with Gasteiger partial charge in [-0.3, -0.25) is 4.79 Å². The molecule has 0 bridgehead atoms. The van der Waals surface area contributed by atoms with Crippen LogP contribution in [0, 0.1) is 0 Å². The number of aliphatic hydroxyl groups is 2. The second-order valence-electron chi connectivity index (χ2n) is 8.14. The van der Waals surface area contributed by atoms with E-state index in [-0.39, 0.29) is 18.8 Å². The first kappa shape index (κ1) is 27.9. The molecule has 0 fully saturated rings. The zero-order chi connectivity index (χ0) is 21.8. The standard InChI is InChI=1S/C24H46O5/c1-4-6-7-8-9-10-11-12-13-14-15-16-17-18-19-20-23(25)28-22(3)29-24(26,27)21-5-2/h26-27H,3-21H2,1-2H3. The number of carbonyl (C=O) groups excluding carboxylic acids is 1. The van der Waals surface area contributed by atoms with Gasteiger partial charge >= 0.3 is 11.9 Å². The predicted molar refractivity (Wildman–Crippen MR) is 118 cm³/mol. The molecule has 0 aromatic heterocycles. The summed E-state index contributed by atoms with van der Waals surface area (Å²) in [4.78, 5) is 11.7. The second kappa shape index (κ2) is 18.9. The van der Waals surface area contributed by atoms with Crippen molar-refractivity contribution in [3.63, 3.8) is 0 Å². The largest absolute Gasteiger partial charge is 0.408 e. The van der Waals surface area contributed by atoms with Gasteiger partial charge in [-0.05, 0) is 19.4 Å². The van der Waals surface area contributed by atoms with Gasteiger partial charge in [0.05, 0.1) is 0 Å². The molecule has 5 heteroatoms. The van der Waals surface area contributed by atoms with E-state index < -0.39 is 11.9 Å². The number of ether oxygens (including phenoxy) is 2. The highest BCUT2D eigenvalue weighted by Crippen LogP contribution is 2.17. The molecule has 29 heavy (non-hydrogen) atoms. The Hall–Kier alpha value is -1.07. The van der Waals surface area contributed by atoms with Crippen molar-refractivity contribution in [2.45, 2.75) is 135 Å². The van der Waals surface area contributed by atoms with E-state index in [9.17, 15) is 15.0 Å². The average molecular weight is 415 g/mol. The van der Waals surface area contributed by atoms with E-state index in [0.717, 1.165) is 19.3 Å².